The minimum atomic E-state index is -0.957. The summed E-state index contributed by atoms with van der Waals surface area (Å²) in [5, 5.41) is 9.11. The zero-order chi connectivity index (χ0) is 25.1. The fourth-order valence-electron chi connectivity index (χ4n) is 5.40. The minimum Gasteiger partial charge on any atom is -0.478 e. The molecular weight excluding hydrogens is 448 g/mol. The van der Waals surface area contributed by atoms with Crippen molar-refractivity contribution in [2.75, 3.05) is 6.61 Å². The highest BCUT2D eigenvalue weighted by Crippen LogP contribution is 2.59. The zero-order valence-electron chi connectivity index (χ0n) is 21.0. The summed E-state index contributed by atoms with van der Waals surface area (Å²) in [4.78, 5) is 24.4. The Hall–Kier alpha value is -3.24. The van der Waals surface area contributed by atoms with Gasteiger partial charge in [0.05, 0.1) is 11.2 Å². The second kappa shape index (κ2) is 10.4. The maximum Gasteiger partial charge on any atom is 0.335 e. The van der Waals surface area contributed by atoms with E-state index >= 15 is 0 Å². The summed E-state index contributed by atoms with van der Waals surface area (Å²) in [6.45, 7) is 3.07. The normalized spacial score (nSPS) is 21.1. The lowest BCUT2D eigenvalue weighted by atomic mass is 9.84. The molecule has 186 valence electrons. The minimum absolute atomic E-state index is 0.00571. The van der Waals surface area contributed by atoms with Crippen LogP contribution in [0.4, 0.5) is 0 Å². The lowest BCUT2D eigenvalue weighted by molar-refractivity contribution is 0.0593. The Morgan fingerprint density at radius 1 is 0.944 bits per heavy atom. The van der Waals surface area contributed by atoms with E-state index < -0.39 is 5.97 Å². The number of benzene rings is 2. The fraction of sp³-hybridized carbons (Fsp3) is 0.375. The molecule has 36 heavy (non-hydrogen) atoms. The van der Waals surface area contributed by atoms with Crippen molar-refractivity contribution in [1.82, 2.24) is 0 Å². The summed E-state index contributed by atoms with van der Waals surface area (Å²) in [6, 6.07) is 12.7. The quantitative estimate of drug-likeness (QED) is 0.236. The molecule has 4 heteroatoms. The zero-order valence-corrected chi connectivity index (χ0v) is 21.0. The molecule has 0 saturated heterocycles. The van der Waals surface area contributed by atoms with Crippen LogP contribution in [-0.2, 0) is 4.74 Å². The number of ether oxygens (including phenoxy) is 1. The number of allylic oxidation sites excluding steroid dienone is 4. The van der Waals surface area contributed by atoms with E-state index in [1.165, 1.54) is 44.1 Å². The van der Waals surface area contributed by atoms with Gasteiger partial charge in [-0.15, -0.1) is 0 Å². The Labute approximate surface area is 213 Å². The molecule has 3 aliphatic carbocycles. The van der Waals surface area contributed by atoms with E-state index in [1.54, 1.807) is 24.3 Å². The number of hydrogen-bond acceptors (Lipinski definition) is 3. The monoisotopic (exact) mass is 482 g/mol. The van der Waals surface area contributed by atoms with Gasteiger partial charge in [-0.1, -0.05) is 87.9 Å². The third-order valence-corrected chi connectivity index (χ3v) is 7.74. The van der Waals surface area contributed by atoms with Gasteiger partial charge in [-0.25, -0.2) is 4.79 Å². The highest BCUT2D eigenvalue weighted by Gasteiger charge is 2.56. The number of hydrogen-bond donors (Lipinski definition) is 1. The van der Waals surface area contributed by atoms with Gasteiger partial charge in [-0.3, -0.25) is 4.79 Å². The van der Waals surface area contributed by atoms with Gasteiger partial charge in [-0.05, 0) is 59.4 Å². The summed E-state index contributed by atoms with van der Waals surface area (Å²) in [5.41, 5.74) is 5.52. The Kier molecular flexibility index (Phi) is 7.06. The SMILES string of the molecule is CCCCCCCCCOC12C=Cc3cc(C(=O)C4=CC=C4c4ccc(C(=O)O)cc4)ccc3C1C2. The smallest absolute Gasteiger partial charge is 0.335 e. The molecule has 0 amide bonds. The summed E-state index contributed by atoms with van der Waals surface area (Å²) in [6.07, 6.45) is 18.1. The fourth-order valence-corrected chi connectivity index (χ4v) is 5.40. The van der Waals surface area contributed by atoms with Crippen LogP contribution in [0.25, 0.3) is 11.6 Å². The van der Waals surface area contributed by atoms with Gasteiger partial charge in [0.1, 0.15) is 0 Å². The Bertz CT molecular complexity index is 1250. The molecule has 2 aromatic rings. The van der Waals surface area contributed by atoms with Crippen molar-refractivity contribution in [1.29, 1.82) is 0 Å². The van der Waals surface area contributed by atoms with Crippen LogP contribution in [-0.4, -0.2) is 29.1 Å². The van der Waals surface area contributed by atoms with E-state index in [4.69, 9.17) is 9.84 Å². The van der Waals surface area contributed by atoms with Gasteiger partial charge in [0.15, 0.2) is 5.78 Å². The molecule has 1 fully saturated rings. The van der Waals surface area contributed by atoms with Gasteiger partial charge in [0, 0.05) is 23.7 Å². The van der Waals surface area contributed by atoms with Crippen molar-refractivity contribution in [2.45, 2.75) is 69.8 Å². The molecule has 1 N–H and O–H groups in total. The number of Topliss-reactive ketones (excluding diaryl/α,β-unsaturated/α-hetero) is 1. The van der Waals surface area contributed by atoms with Crippen LogP contribution >= 0.6 is 0 Å². The van der Waals surface area contributed by atoms with Gasteiger partial charge in [-0.2, -0.15) is 0 Å². The van der Waals surface area contributed by atoms with Crippen molar-refractivity contribution in [3.63, 3.8) is 0 Å². The van der Waals surface area contributed by atoms with E-state index in [0.717, 1.165) is 36.1 Å². The maximum atomic E-state index is 13.3. The van der Waals surface area contributed by atoms with Gasteiger partial charge < -0.3 is 9.84 Å². The number of fused-ring (bicyclic) bond motifs is 3. The Morgan fingerprint density at radius 3 is 2.36 bits per heavy atom. The Morgan fingerprint density at radius 2 is 1.67 bits per heavy atom. The van der Waals surface area contributed by atoms with Crippen LogP contribution in [0.5, 0.6) is 0 Å². The van der Waals surface area contributed by atoms with Crippen molar-refractivity contribution < 1.29 is 19.4 Å². The number of carboxylic acid groups (broad SMARTS) is 1. The molecular formula is C32H34O4. The van der Waals surface area contributed by atoms with E-state index in [0.29, 0.717) is 17.1 Å². The number of aromatic carboxylic acids is 1. The molecule has 0 spiro atoms. The summed E-state index contributed by atoms with van der Waals surface area (Å²) >= 11 is 0. The second-order valence-corrected chi connectivity index (χ2v) is 10.2. The van der Waals surface area contributed by atoms with Crippen LogP contribution in [0, 0.1) is 0 Å². The summed E-state index contributed by atoms with van der Waals surface area (Å²) in [5.74, 6) is -0.577. The first-order valence-electron chi connectivity index (χ1n) is 13.3. The van der Waals surface area contributed by atoms with Crippen molar-refractivity contribution in [3.05, 3.63) is 94.1 Å². The van der Waals surface area contributed by atoms with Crippen LogP contribution in [0.1, 0.15) is 102 Å². The van der Waals surface area contributed by atoms with Gasteiger partial charge >= 0.3 is 5.97 Å². The highest BCUT2D eigenvalue weighted by molar-refractivity contribution is 6.21. The molecule has 3 aliphatic rings. The van der Waals surface area contributed by atoms with E-state index in [1.807, 2.05) is 24.3 Å². The topological polar surface area (TPSA) is 63.6 Å². The molecule has 0 aliphatic heterocycles. The predicted octanol–water partition coefficient (Wildman–Crippen LogP) is 7.61. The van der Waals surface area contributed by atoms with Crippen LogP contribution in [0.15, 0.2) is 66.3 Å². The second-order valence-electron chi connectivity index (χ2n) is 10.2. The number of carbonyl (C=O) groups is 2. The average molecular weight is 483 g/mol. The van der Waals surface area contributed by atoms with Crippen LogP contribution < -0.4 is 0 Å². The predicted molar refractivity (Wildman–Crippen MR) is 143 cm³/mol. The molecule has 0 heterocycles. The van der Waals surface area contributed by atoms with E-state index in [-0.39, 0.29) is 16.9 Å². The molecule has 2 unspecified atom stereocenters. The number of ketones is 1. The third-order valence-electron chi connectivity index (χ3n) is 7.74. The number of carboxylic acids is 1. The van der Waals surface area contributed by atoms with Crippen molar-refractivity contribution in [3.8, 4) is 0 Å². The van der Waals surface area contributed by atoms with Gasteiger partial charge in [0.25, 0.3) is 0 Å². The largest absolute Gasteiger partial charge is 0.478 e. The molecule has 4 nitrogen and oxygen atoms in total. The average Bonchev–Trinajstić information content (AvgIpc) is 3.60. The number of carbonyl (C=O) groups excluding carboxylic acids is 1. The van der Waals surface area contributed by atoms with Crippen LogP contribution in [0.2, 0.25) is 0 Å². The van der Waals surface area contributed by atoms with Crippen molar-refractivity contribution >= 4 is 23.4 Å². The first-order chi connectivity index (χ1) is 17.5. The van der Waals surface area contributed by atoms with Crippen molar-refractivity contribution in [2.24, 2.45) is 0 Å². The van der Waals surface area contributed by atoms with Gasteiger partial charge in [0.2, 0.25) is 0 Å². The third kappa shape index (κ3) is 4.87. The van der Waals surface area contributed by atoms with E-state index in [2.05, 4.69) is 25.1 Å². The molecule has 2 aromatic carbocycles. The van der Waals surface area contributed by atoms with Crippen LogP contribution in [0.3, 0.4) is 0 Å². The number of unbranched alkanes of at least 4 members (excludes halogenated alkanes) is 6. The first kappa shape index (κ1) is 24.5. The molecule has 1 saturated carbocycles. The lowest BCUT2D eigenvalue weighted by Crippen LogP contribution is -2.18. The first-order valence-corrected chi connectivity index (χ1v) is 13.3. The molecule has 2 atom stereocenters. The summed E-state index contributed by atoms with van der Waals surface area (Å²) in [7, 11) is 0. The summed E-state index contributed by atoms with van der Waals surface area (Å²) < 4.78 is 6.35. The molecule has 5 rings (SSSR count). The highest BCUT2D eigenvalue weighted by atomic mass is 16.5. The lowest BCUT2D eigenvalue weighted by Gasteiger charge is -2.21. The maximum absolute atomic E-state index is 13.3. The number of rotatable bonds is 13. The standard InChI is InChI=1S/C32H34O4/c1-2-3-4-5-6-7-8-19-36-32-18-17-24-20-25(13-14-27(24)29(32)21-32)30(33)28-16-15-26(28)22-9-11-23(12-10-22)31(34)35/h9-18,20,29H,2-8,19,21H2,1H3,(H,34,35). The molecule has 0 bridgehead atoms. The Balaban J connectivity index is 1.17. The molecule has 0 radical (unpaired) electrons. The van der Waals surface area contributed by atoms with E-state index in [9.17, 15) is 9.59 Å². The molecule has 0 aromatic heterocycles.